The summed E-state index contributed by atoms with van der Waals surface area (Å²) in [5.74, 6) is 0.293. The van der Waals surface area contributed by atoms with Gasteiger partial charge < -0.3 is 4.90 Å². The molecule has 1 aromatic heterocycles. The summed E-state index contributed by atoms with van der Waals surface area (Å²) in [6.07, 6.45) is 2.91. The molecule has 0 saturated heterocycles. The summed E-state index contributed by atoms with van der Waals surface area (Å²) < 4.78 is 0. The molecule has 1 aromatic carbocycles. The third-order valence-electron chi connectivity index (χ3n) is 4.65. The summed E-state index contributed by atoms with van der Waals surface area (Å²) in [4.78, 5) is 16.5. The predicted octanol–water partition coefficient (Wildman–Crippen LogP) is 4.02. The lowest BCUT2D eigenvalue weighted by Gasteiger charge is -2.31. The molecule has 108 valence electrons. The lowest BCUT2D eigenvalue weighted by Crippen LogP contribution is -2.41. The highest BCUT2D eigenvalue weighted by Gasteiger charge is 2.53. The number of rotatable bonds is 2. The van der Waals surface area contributed by atoms with Crippen molar-refractivity contribution in [3.63, 3.8) is 0 Å². The Hall–Kier alpha value is -1.32. The first kappa shape index (κ1) is 13.4. The molecule has 0 spiro atoms. The molecule has 4 rings (SSSR count). The fraction of sp³-hybridized carbons (Fsp3) is 0.353. The van der Waals surface area contributed by atoms with Crippen molar-refractivity contribution < 1.29 is 4.79 Å². The third-order valence-corrected chi connectivity index (χ3v) is 5.93. The second-order valence-electron chi connectivity index (χ2n) is 5.93. The highest BCUT2D eigenvalue weighted by atomic mass is 35.5. The number of hydrogen-bond donors (Lipinski definition) is 0. The molecule has 2 aliphatic rings. The highest BCUT2D eigenvalue weighted by Crippen LogP contribution is 2.50. The lowest BCUT2D eigenvalue weighted by atomic mass is 9.93. The van der Waals surface area contributed by atoms with E-state index in [1.807, 2.05) is 40.5 Å². The molecule has 0 N–H and O–H groups in total. The predicted molar refractivity (Wildman–Crippen MR) is 85.8 cm³/mol. The molecule has 1 aliphatic carbocycles. The van der Waals surface area contributed by atoms with Gasteiger partial charge in [-0.3, -0.25) is 4.79 Å². The van der Waals surface area contributed by atoms with Crippen molar-refractivity contribution in [3.05, 3.63) is 56.7 Å². The molecule has 0 bridgehead atoms. The quantitative estimate of drug-likeness (QED) is 0.819. The Morgan fingerprint density at radius 1 is 1.19 bits per heavy atom. The second-order valence-corrected chi connectivity index (χ2v) is 7.37. The van der Waals surface area contributed by atoms with E-state index in [0.29, 0.717) is 5.91 Å². The molecule has 0 unspecified atom stereocenters. The van der Waals surface area contributed by atoms with Crippen molar-refractivity contribution in [1.82, 2.24) is 4.90 Å². The van der Waals surface area contributed by atoms with Crippen molar-refractivity contribution in [3.8, 4) is 0 Å². The van der Waals surface area contributed by atoms with Gasteiger partial charge in [0.2, 0.25) is 5.91 Å². The molecule has 2 nitrogen and oxygen atoms in total. The van der Waals surface area contributed by atoms with Crippen molar-refractivity contribution in [2.75, 3.05) is 6.54 Å². The maximum Gasteiger partial charge on any atom is 0.233 e. The van der Waals surface area contributed by atoms with Crippen molar-refractivity contribution in [1.29, 1.82) is 0 Å². The second kappa shape index (κ2) is 4.85. The van der Waals surface area contributed by atoms with E-state index in [1.165, 1.54) is 10.4 Å². The van der Waals surface area contributed by atoms with Crippen LogP contribution in [0.1, 0.15) is 28.8 Å². The van der Waals surface area contributed by atoms with Crippen molar-refractivity contribution >= 4 is 28.8 Å². The van der Waals surface area contributed by atoms with E-state index in [9.17, 15) is 4.79 Å². The summed E-state index contributed by atoms with van der Waals surface area (Å²) >= 11 is 7.77. The molecular weight excluding hydrogens is 302 g/mol. The smallest absolute Gasteiger partial charge is 0.233 e. The van der Waals surface area contributed by atoms with Crippen LogP contribution in [0, 0.1) is 0 Å². The standard InChI is InChI=1S/C17H16ClNOS/c18-14-3-1-13(2-4-14)17(7-8-17)16(20)19-9-5-15-12(11-19)6-10-21-15/h1-4,6,10H,5,7-9,11H2. The zero-order chi connectivity index (χ0) is 14.4. The zero-order valence-electron chi connectivity index (χ0n) is 11.6. The van der Waals surface area contributed by atoms with Gasteiger partial charge >= 0.3 is 0 Å². The Labute approximate surface area is 133 Å². The van der Waals surface area contributed by atoms with Gasteiger partial charge in [0.1, 0.15) is 0 Å². The Morgan fingerprint density at radius 3 is 2.67 bits per heavy atom. The average molecular weight is 318 g/mol. The van der Waals surface area contributed by atoms with Crippen LogP contribution in [0.5, 0.6) is 0 Å². The molecule has 0 atom stereocenters. The molecular formula is C17H16ClNOS. The number of benzene rings is 1. The Morgan fingerprint density at radius 2 is 1.95 bits per heavy atom. The van der Waals surface area contributed by atoms with Crippen molar-refractivity contribution in [2.45, 2.75) is 31.2 Å². The van der Waals surface area contributed by atoms with Gasteiger partial charge in [0, 0.05) is 23.0 Å². The fourth-order valence-electron chi connectivity index (χ4n) is 3.24. The van der Waals surface area contributed by atoms with E-state index in [4.69, 9.17) is 11.6 Å². The minimum atomic E-state index is -0.280. The molecule has 1 saturated carbocycles. The Bertz CT molecular complexity index is 687. The van der Waals surface area contributed by atoms with Crippen LogP contribution < -0.4 is 0 Å². The Balaban J connectivity index is 1.59. The first-order chi connectivity index (χ1) is 10.2. The molecule has 1 amide bonds. The van der Waals surface area contributed by atoms with Crippen LogP contribution in [-0.4, -0.2) is 17.4 Å². The number of halogens is 1. The van der Waals surface area contributed by atoms with Gasteiger partial charge in [-0.05, 0) is 54.0 Å². The van der Waals surface area contributed by atoms with Crippen LogP contribution in [0.25, 0.3) is 0 Å². The molecule has 4 heteroatoms. The highest BCUT2D eigenvalue weighted by molar-refractivity contribution is 7.10. The Kier molecular flexibility index (Phi) is 3.09. The minimum Gasteiger partial charge on any atom is -0.337 e. The van der Waals surface area contributed by atoms with Crippen LogP contribution in [0.4, 0.5) is 0 Å². The molecule has 0 radical (unpaired) electrons. The molecule has 21 heavy (non-hydrogen) atoms. The van der Waals surface area contributed by atoms with E-state index in [2.05, 4.69) is 11.4 Å². The number of carbonyl (C=O) groups is 1. The topological polar surface area (TPSA) is 20.3 Å². The number of carbonyl (C=O) groups excluding carboxylic acids is 1. The summed E-state index contributed by atoms with van der Waals surface area (Å²) in [6, 6.07) is 9.94. The van der Waals surface area contributed by atoms with Gasteiger partial charge in [-0.15, -0.1) is 11.3 Å². The maximum absolute atomic E-state index is 13.0. The largest absolute Gasteiger partial charge is 0.337 e. The van der Waals surface area contributed by atoms with Gasteiger partial charge in [0.25, 0.3) is 0 Å². The van der Waals surface area contributed by atoms with Gasteiger partial charge in [0.05, 0.1) is 5.41 Å². The number of amides is 1. The number of thiophene rings is 1. The first-order valence-corrected chi connectivity index (χ1v) is 8.55. The van der Waals surface area contributed by atoms with E-state index in [1.54, 1.807) is 0 Å². The van der Waals surface area contributed by atoms with Gasteiger partial charge in [-0.25, -0.2) is 0 Å². The maximum atomic E-state index is 13.0. The van der Waals surface area contributed by atoms with E-state index in [-0.39, 0.29) is 5.41 Å². The molecule has 1 fully saturated rings. The number of fused-ring (bicyclic) bond motifs is 1. The van der Waals surface area contributed by atoms with Gasteiger partial charge in [-0.1, -0.05) is 23.7 Å². The zero-order valence-corrected chi connectivity index (χ0v) is 13.2. The van der Waals surface area contributed by atoms with Gasteiger partial charge in [-0.2, -0.15) is 0 Å². The fourth-order valence-corrected chi connectivity index (χ4v) is 4.26. The van der Waals surface area contributed by atoms with Crippen LogP contribution in [0.2, 0.25) is 5.02 Å². The SMILES string of the molecule is O=C(N1CCc2sccc2C1)C1(c2ccc(Cl)cc2)CC1. The summed E-state index contributed by atoms with van der Waals surface area (Å²) in [6.45, 7) is 1.62. The first-order valence-electron chi connectivity index (χ1n) is 7.30. The summed E-state index contributed by atoms with van der Waals surface area (Å²) in [7, 11) is 0. The van der Waals surface area contributed by atoms with Gasteiger partial charge in [0.15, 0.2) is 0 Å². The molecule has 2 aromatic rings. The monoisotopic (exact) mass is 317 g/mol. The minimum absolute atomic E-state index is 0.280. The van der Waals surface area contributed by atoms with Crippen LogP contribution in [0.15, 0.2) is 35.7 Å². The van der Waals surface area contributed by atoms with E-state index in [0.717, 1.165) is 42.9 Å². The van der Waals surface area contributed by atoms with Crippen LogP contribution in [0.3, 0.4) is 0 Å². The van der Waals surface area contributed by atoms with Crippen LogP contribution in [-0.2, 0) is 23.2 Å². The summed E-state index contributed by atoms with van der Waals surface area (Å²) in [5, 5.41) is 2.85. The average Bonchev–Trinajstić information content (AvgIpc) is 3.18. The molecule has 1 aliphatic heterocycles. The number of nitrogens with zero attached hydrogens (tertiary/aromatic N) is 1. The van der Waals surface area contributed by atoms with E-state index < -0.39 is 0 Å². The van der Waals surface area contributed by atoms with Crippen LogP contribution >= 0.6 is 22.9 Å². The summed E-state index contributed by atoms with van der Waals surface area (Å²) in [5.41, 5.74) is 2.16. The molecule has 2 heterocycles. The third kappa shape index (κ3) is 2.19. The normalized spacial score (nSPS) is 19.2. The van der Waals surface area contributed by atoms with E-state index >= 15 is 0 Å². The van der Waals surface area contributed by atoms with Crippen molar-refractivity contribution in [2.24, 2.45) is 0 Å². The number of hydrogen-bond acceptors (Lipinski definition) is 2. The lowest BCUT2D eigenvalue weighted by molar-refractivity contribution is -0.134.